The number of alkyl halides is 6. The Bertz CT molecular complexity index is 541. The van der Waals surface area contributed by atoms with Crippen molar-refractivity contribution >= 4 is 18.4 Å². The van der Waals surface area contributed by atoms with Gasteiger partial charge in [-0.15, -0.1) is 12.4 Å². The van der Waals surface area contributed by atoms with E-state index in [2.05, 4.69) is 9.47 Å². The van der Waals surface area contributed by atoms with Gasteiger partial charge in [0.1, 0.15) is 11.8 Å². The smallest absolute Gasteiger partial charge is 0.461 e. The van der Waals surface area contributed by atoms with Gasteiger partial charge in [-0.2, -0.15) is 26.3 Å². The second-order valence-corrected chi connectivity index (χ2v) is 4.35. The molecule has 0 aliphatic heterocycles. The third-order valence-electron chi connectivity index (χ3n) is 2.69. The summed E-state index contributed by atoms with van der Waals surface area (Å²) in [5.41, 5.74) is 4.97. The first-order valence-corrected chi connectivity index (χ1v) is 6.28. The third kappa shape index (κ3) is 5.17. The topological polar surface area (TPSA) is 61.5 Å². The van der Waals surface area contributed by atoms with Crippen molar-refractivity contribution < 1.29 is 40.6 Å². The van der Waals surface area contributed by atoms with Crippen LogP contribution in [0.5, 0.6) is 5.75 Å². The van der Waals surface area contributed by atoms with Gasteiger partial charge >= 0.3 is 24.4 Å². The van der Waals surface area contributed by atoms with Gasteiger partial charge in [0.05, 0.1) is 6.61 Å². The normalized spacial score (nSPS) is 13.2. The molecule has 0 amide bonds. The van der Waals surface area contributed by atoms with Crippen LogP contribution in [-0.4, -0.2) is 31.0 Å². The average molecular weight is 382 g/mol. The zero-order chi connectivity index (χ0) is 17.8. The fourth-order valence-corrected chi connectivity index (χ4v) is 1.51. The molecular weight excluding hydrogens is 368 g/mol. The summed E-state index contributed by atoms with van der Waals surface area (Å²) in [4.78, 5) is 11.1. The zero-order valence-corrected chi connectivity index (χ0v) is 13.0. The Morgan fingerprint density at radius 2 is 1.67 bits per heavy atom. The molecule has 0 radical (unpaired) electrons. The Morgan fingerprint density at radius 3 is 2.08 bits per heavy atom. The Morgan fingerprint density at radius 1 is 1.17 bits per heavy atom. The summed E-state index contributed by atoms with van der Waals surface area (Å²) in [6.45, 7) is 1.05. The summed E-state index contributed by atoms with van der Waals surface area (Å²) >= 11 is 0. The standard InChI is InChI=1S/C13H13F6NO3.ClH/c1-2-22-11(21)12(16,17)9(20)7-3-5-8(6-4-7)23-13(18,19)10(14)15;/h3-6,9-10H,2,20H2,1H3;1H/t9-;/m1./s1. The first kappa shape index (κ1) is 22.3. The first-order valence-electron chi connectivity index (χ1n) is 6.28. The molecule has 0 saturated carbocycles. The van der Waals surface area contributed by atoms with Gasteiger partial charge in [-0.25, -0.2) is 4.79 Å². The van der Waals surface area contributed by atoms with Crippen molar-refractivity contribution in [2.24, 2.45) is 5.73 Å². The monoisotopic (exact) mass is 381 g/mol. The van der Waals surface area contributed by atoms with Crippen molar-refractivity contribution in [2.75, 3.05) is 6.61 Å². The number of hydrogen-bond acceptors (Lipinski definition) is 4. The summed E-state index contributed by atoms with van der Waals surface area (Å²) in [5.74, 6) is -6.56. The lowest BCUT2D eigenvalue weighted by Crippen LogP contribution is -2.41. The maximum absolute atomic E-state index is 13.7. The van der Waals surface area contributed by atoms with Crippen molar-refractivity contribution in [3.05, 3.63) is 29.8 Å². The first-order chi connectivity index (χ1) is 10.5. The molecule has 138 valence electrons. The van der Waals surface area contributed by atoms with Crippen molar-refractivity contribution in [3.63, 3.8) is 0 Å². The van der Waals surface area contributed by atoms with Crippen molar-refractivity contribution in [1.29, 1.82) is 0 Å². The molecule has 0 unspecified atom stereocenters. The Hall–Kier alpha value is -1.68. The predicted molar refractivity (Wildman–Crippen MR) is 73.8 cm³/mol. The molecule has 24 heavy (non-hydrogen) atoms. The molecule has 0 fully saturated rings. The molecule has 2 N–H and O–H groups in total. The summed E-state index contributed by atoms with van der Waals surface area (Å²) in [6, 6.07) is 1.12. The number of carbonyl (C=O) groups is 1. The van der Waals surface area contributed by atoms with E-state index in [4.69, 9.17) is 5.73 Å². The third-order valence-corrected chi connectivity index (χ3v) is 2.69. The van der Waals surface area contributed by atoms with Crippen LogP contribution in [0.4, 0.5) is 26.3 Å². The van der Waals surface area contributed by atoms with Crippen LogP contribution >= 0.6 is 12.4 Å². The van der Waals surface area contributed by atoms with E-state index in [1.54, 1.807) is 0 Å². The van der Waals surface area contributed by atoms with E-state index in [1.807, 2.05) is 0 Å². The summed E-state index contributed by atoms with van der Waals surface area (Å²) in [6.07, 6.45) is -8.78. The highest BCUT2D eigenvalue weighted by Gasteiger charge is 2.48. The minimum absolute atomic E-state index is 0. The van der Waals surface area contributed by atoms with Crippen LogP contribution in [0, 0.1) is 0 Å². The lowest BCUT2D eigenvalue weighted by atomic mass is 10.0. The van der Waals surface area contributed by atoms with E-state index >= 15 is 0 Å². The Balaban J connectivity index is 0.00000529. The van der Waals surface area contributed by atoms with Gasteiger partial charge in [-0.05, 0) is 24.6 Å². The average Bonchev–Trinajstić information content (AvgIpc) is 2.47. The van der Waals surface area contributed by atoms with E-state index in [1.165, 1.54) is 6.92 Å². The molecule has 0 heterocycles. The molecule has 0 spiro atoms. The fraction of sp³-hybridized carbons (Fsp3) is 0.462. The van der Waals surface area contributed by atoms with Crippen LogP contribution in [0.15, 0.2) is 24.3 Å². The van der Waals surface area contributed by atoms with Crippen LogP contribution in [0.25, 0.3) is 0 Å². The van der Waals surface area contributed by atoms with Crippen molar-refractivity contribution in [1.82, 2.24) is 0 Å². The van der Waals surface area contributed by atoms with Gasteiger partial charge < -0.3 is 15.2 Å². The maximum Gasteiger partial charge on any atom is 0.461 e. The fourth-order valence-electron chi connectivity index (χ4n) is 1.51. The van der Waals surface area contributed by atoms with Crippen molar-refractivity contribution in [2.45, 2.75) is 31.4 Å². The molecule has 0 bridgehead atoms. The number of ether oxygens (including phenoxy) is 2. The maximum atomic E-state index is 13.7. The van der Waals surface area contributed by atoms with Crippen LogP contribution in [0.3, 0.4) is 0 Å². The highest BCUT2D eigenvalue weighted by molar-refractivity contribution is 5.85. The van der Waals surface area contributed by atoms with E-state index in [0.29, 0.717) is 0 Å². The number of nitrogens with two attached hydrogens (primary N) is 1. The molecule has 0 aliphatic rings. The molecule has 1 aromatic carbocycles. The minimum atomic E-state index is -4.72. The largest absolute Gasteiger partial charge is 0.462 e. The van der Waals surface area contributed by atoms with Crippen molar-refractivity contribution in [3.8, 4) is 5.75 Å². The van der Waals surface area contributed by atoms with Gasteiger partial charge in [0.2, 0.25) is 0 Å². The molecule has 4 nitrogen and oxygen atoms in total. The van der Waals surface area contributed by atoms with Crippen LogP contribution in [0.1, 0.15) is 18.5 Å². The van der Waals surface area contributed by atoms with E-state index in [9.17, 15) is 31.1 Å². The SMILES string of the molecule is CCOC(=O)C(F)(F)[C@H](N)c1ccc(OC(F)(F)C(F)F)cc1.Cl. The van der Waals surface area contributed by atoms with Gasteiger partial charge in [0.15, 0.2) is 0 Å². The molecule has 11 heteroatoms. The van der Waals surface area contributed by atoms with Crippen LogP contribution < -0.4 is 10.5 Å². The highest BCUT2D eigenvalue weighted by atomic mass is 35.5. The summed E-state index contributed by atoms with van der Waals surface area (Å²) in [7, 11) is 0. The number of benzene rings is 1. The zero-order valence-electron chi connectivity index (χ0n) is 12.1. The highest BCUT2D eigenvalue weighted by Crippen LogP contribution is 2.33. The predicted octanol–water partition coefficient (Wildman–Crippen LogP) is 3.54. The molecular formula is C13H14ClF6NO3. The molecule has 0 saturated heterocycles. The van der Waals surface area contributed by atoms with Gasteiger partial charge in [-0.1, -0.05) is 12.1 Å². The quantitative estimate of drug-likeness (QED) is 0.579. The van der Waals surface area contributed by atoms with E-state index in [-0.39, 0.29) is 24.6 Å². The molecule has 1 rings (SSSR count). The van der Waals surface area contributed by atoms with Gasteiger partial charge in [0.25, 0.3) is 0 Å². The number of carbonyl (C=O) groups excluding carboxylic acids is 1. The summed E-state index contributed by atoms with van der Waals surface area (Å²) in [5, 5.41) is 0. The number of halogens is 7. The second-order valence-electron chi connectivity index (χ2n) is 4.35. The number of esters is 1. The van der Waals surface area contributed by atoms with Crippen LogP contribution in [0.2, 0.25) is 0 Å². The Labute approximate surface area is 139 Å². The number of hydrogen-bond donors (Lipinski definition) is 1. The Kier molecular flexibility index (Phi) is 7.84. The van der Waals surface area contributed by atoms with Gasteiger partial charge in [0, 0.05) is 0 Å². The molecule has 0 aliphatic carbocycles. The number of rotatable bonds is 7. The van der Waals surface area contributed by atoms with E-state index in [0.717, 1.165) is 24.3 Å². The van der Waals surface area contributed by atoms with E-state index < -0.39 is 36.2 Å². The lowest BCUT2D eigenvalue weighted by Gasteiger charge is -2.22. The van der Waals surface area contributed by atoms with Crippen LogP contribution in [-0.2, 0) is 9.53 Å². The second kappa shape index (κ2) is 8.43. The van der Waals surface area contributed by atoms with Gasteiger partial charge in [-0.3, -0.25) is 0 Å². The molecule has 1 atom stereocenters. The minimum Gasteiger partial charge on any atom is -0.462 e. The summed E-state index contributed by atoms with van der Waals surface area (Å²) < 4.78 is 84.7. The molecule has 0 aromatic heterocycles. The lowest BCUT2D eigenvalue weighted by molar-refractivity contribution is -0.253. The molecule has 1 aromatic rings.